The van der Waals surface area contributed by atoms with E-state index in [0.717, 1.165) is 18.8 Å². The van der Waals surface area contributed by atoms with Gasteiger partial charge in [0, 0.05) is 25.7 Å². The van der Waals surface area contributed by atoms with E-state index in [1.165, 1.54) is 0 Å². The molecule has 0 aromatic carbocycles. The van der Waals surface area contributed by atoms with Crippen LogP contribution in [-0.4, -0.2) is 29.8 Å². The first-order valence-electron chi connectivity index (χ1n) is 4.32. The van der Waals surface area contributed by atoms with Crippen LogP contribution in [0.2, 0.25) is 10.3 Å². The third-order valence-electron chi connectivity index (χ3n) is 1.82. The lowest BCUT2D eigenvalue weighted by atomic mass is 10.4. The van der Waals surface area contributed by atoms with Crippen molar-refractivity contribution in [1.82, 2.24) is 10.2 Å². The van der Waals surface area contributed by atoms with Crippen molar-refractivity contribution in [3.8, 4) is 0 Å². The molecule has 0 spiro atoms. The van der Waals surface area contributed by atoms with Crippen LogP contribution in [0, 0.1) is 0 Å². The lowest BCUT2D eigenvalue weighted by molar-refractivity contribution is 0.810. The summed E-state index contributed by atoms with van der Waals surface area (Å²) in [5, 5.41) is 8.06. The zero-order chi connectivity index (χ0) is 10.6. The fraction of sp³-hybridized carbons (Fsp3) is 0.500. The first-order valence-corrected chi connectivity index (χ1v) is 5.08. The van der Waals surface area contributed by atoms with Gasteiger partial charge >= 0.3 is 0 Å². The molecule has 0 unspecified atom stereocenters. The predicted molar refractivity (Wildman–Crippen MR) is 59.0 cm³/mol. The minimum Gasteiger partial charge on any atom is -0.368 e. The van der Waals surface area contributed by atoms with Crippen LogP contribution in [0.3, 0.4) is 0 Å². The summed E-state index contributed by atoms with van der Waals surface area (Å²) in [5.41, 5.74) is 6.25. The van der Waals surface area contributed by atoms with Gasteiger partial charge in [0.2, 0.25) is 0 Å². The molecule has 0 amide bonds. The van der Waals surface area contributed by atoms with Crippen molar-refractivity contribution >= 4 is 28.9 Å². The Kier molecular flexibility index (Phi) is 4.38. The zero-order valence-electron chi connectivity index (χ0n) is 7.87. The normalized spacial score (nSPS) is 10.3. The summed E-state index contributed by atoms with van der Waals surface area (Å²) in [5.74, 6) is 0. The maximum absolute atomic E-state index is 5.89. The topological polar surface area (TPSA) is 55.0 Å². The molecule has 6 heteroatoms. The van der Waals surface area contributed by atoms with E-state index in [0.29, 0.717) is 16.9 Å². The van der Waals surface area contributed by atoms with Gasteiger partial charge in [-0.2, -0.15) is 0 Å². The van der Waals surface area contributed by atoms with Crippen LogP contribution in [0.1, 0.15) is 6.92 Å². The quantitative estimate of drug-likeness (QED) is 0.860. The molecule has 14 heavy (non-hydrogen) atoms. The number of likely N-dealkylation sites (N-methyl/N-ethyl adjacent to an activating group) is 1. The van der Waals surface area contributed by atoms with Crippen molar-refractivity contribution in [2.24, 2.45) is 5.73 Å². The molecular formula is C8H12Cl2N4. The minimum atomic E-state index is 0.333. The summed E-state index contributed by atoms with van der Waals surface area (Å²) in [6.07, 6.45) is 0. The summed E-state index contributed by atoms with van der Waals surface area (Å²) in [7, 11) is 0. The van der Waals surface area contributed by atoms with Gasteiger partial charge in [-0.15, -0.1) is 10.2 Å². The van der Waals surface area contributed by atoms with Gasteiger partial charge in [0.05, 0.1) is 5.69 Å². The Hall–Kier alpha value is -0.580. The Balaban J connectivity index is 2.96. The average molecular weight is 235 g/mol. The van der Waals surface area contributed by atoms with Crippen LogP contribution in [0.25, 0.3) is 0 Å². The maximum atomic E-state index is 5.89. The summed E-state index contributed by atoms with van der Waals surface area (Å²) in [6, 6.07) is 1.69. The van der Waals surface area contributed by atoms with Crippen LogP contribution in [-0.2, 0) is 0 Å². The van der Waals surface area contributed by atoms with Gasteiger partial charge in [-0.05, 0) is 6.92 Å². The van der Waals surface area contributed by atoms with Gasteiger partial charge in [-0.25, -0.2) is 0 Å². The Morgan fingerprint density at radius 1 is 1.43 bits per heavy atom. The average Bonchev–Trinajstić information content (AvgIpc) is 2.18. The largest absolute Gasteiger partial charge is 0.368 e. The molecular weight excluding hydrogens is 223 g/mol. The first kappa shape index (κ1) is 11.5. The Bertz CT molecular complexity index is 305. The Morgan fingerprint density at radius 3 is 2.71 bits per heavy atom. The number of hydrogen-bond donors (Lipinski definition) is 1. The van der Waals surface area contributed by atoms with Gasteiger partial charge in [0.15, 0.2) is 10.3 Å². The number of nitrogens with two attached hydrogens (primary N) is 1. The van der Waals surface area contributed by atoms with Gasteiger partial charge in [0.1, 0.15) is 0 Å². The van der Waals surface area contributed by atoms with E-state index in [-0.39, 0.29) is 0 Å². The summed E-state index contributed by atoms with van der Waals surface area (Å²) >= 11 is 11.6. The SMILES string of the molecule is CCN(CCN)c1cc(Cl)nnc1Cl. The monoisotopic (exact) mass is 234 g/mol. The lowest BCUT2D eigenvalue weighted by Gasteiger charge is -2.22. The van der Waals surface area contributed by atoms with E-state index in [1.807, 2.05) is 11.8 Å². The molecule has 0 atom stereocenters. The second-order valence-corrected chi connectivity index (χ2v) is 3.46. The van der Waals surface area contributed by atoms with Crippen LogP contribution in [0.4, 0.5) is 5.69 Å². The fourth-order valence-corrected chi connectivity index (χ4v) is 1.52. The highest BCUT2D eigenvalue weighted by Gasteiger charge is 2.10. The molecule has 78 valence electrons. The molecule has 0 bridgehead atoms. The molecule has 0 fully saturated rings. The summed E-state index contributed by atoms with van der Waals surface area (Å²) in [4.78, 5) is 2.00. The van der Waals surface area contributed by atoms with Crippen LogP contribution in [0.15, 0.2) is 6.07 Å². The smallest absolute Gasteiger partial charge is 0.175 e. The van der Waals surface area contributed by atoms with Crippen molar-refractivity contribution in [1.29, 1.82) is 0 Å². The van der Waals surface area contributed by atoms with E-state index in [2.05, 4.69) is 10.2 Å². The molecule has 1 aromatic rings. The molecule has 0 aliphatic carbocycles. The number of anilines is 1. The first-order chi connectivity index (χ1) is 6.69. The van der Waals surface area contributed by atoms with Gasteiger partial charge < -0.3 is 10.6 Å². The van der Waals surface area contributed by atoms with Crippen LogP contribution < -0.4 is 10.6 Å². The number of aromatic nitrogens is 2. The van der Waals surface area contributed by atoms with Crippen LogP contribution >= 0.6 is 23.2 Å². The molecule has 1 rings (SSSR count). The third kappa shape index (κ3) is 2.70. The van der Waals surface area contributed by atoms with Crippen molar-refractivity contribution in [3.05, 3.63) is 16.4 Å². The number of hydrogen-bond acceptors (Lipinski definition) is 4. The van der Waals surface area contributed by atoms with Crippen molar-refractivity contribution < 1.29 is 0 Å². The molecule has 1 heterocycles. The number of rotatable bonds is 4. The molecule has 4 nitrogen and oxygen atoms in total. The van der Waals surface area contributed by atoms with E-state index in [1.54, 1.807) is 6.07 Å². The van der Waals surface area contributed by atoms with Crippen molar-refractivity contribution in [2.45, 2.75) is 6.92 Å². The maximum Gasteiger partial charge on any atom is 0.175 e. The molecule has 1 aromatic heterocycles. The fourth-order valence-electron chi connectivity index (χ4n) is 1.17. The molecule has 0 saturated carbocycles. The molecule has 2 N–H and O–H groups in total. The Morgan fingerprint density at radius 2 is 2.14 bits per heavy atom. The van der Waals surface area contributed by atoms with Gasteiger partial charge in [-0.1, -0.05) is 23.2 Å². The molecule has 0 radical (unpaired) electrons. The van der Waals surface area contributed by atoms with Crippen molar-refractivity contribution in [3.63, 3.8) is 0 Å². The standard InChI is InChI=1S/C8H12Cl2N4/c1-2-14(4-3-11)6-5-7(9)12-13-8(6)10/h5H,2-4,11H2,1H3. The number of halogens is 2. The number of nitrogens with zero attached hydrogens (tertiary/aromatic N) is 3. The van der Waals surface area contributed by atoms with Crippen LogP contribution in [0.5, 0.6) is 0 Å². The molecule has 0 saturated heterocycles. The highest BCUT2D eigenvalue weighted by atomic mass is 35.5. The minimum absolute atomic E-state index is 0.333. The summed E-state index contributed by atoms with van der Waals surface area (Å²) < 4.78 is 0. The second kappa shape index (κ2) is 5.34. The highest BCUT2D eigenvalue weighted by Crippen LogP contribution is 2.24. The van der Waals surface area contributed by atoms with Gasteiger partial charge in [0.25, 0.3) is 0 Å². The second-order valence-electron chi connectivity index (χ2n) is 2.71. The van der Waals surface area contributed by atoms with Crippen molar-refractivity contribution in [2.75, 3.05) is 24.5 Å². The Labute approximate surface area is 93.0 Å². The van der Waals surface area contributed by atoms with Gasteiger partial charge in [-0.3, -0.25) is 0 Å². The predicted octanol–water partition coefficient (Wildman–Crippen LogP) is 1.57. The lowest BCUT2D eigenvalue weighted by Crippen LogP contribution is -2.29. The van der Waals surface area contributed by atoms with E-state index in [9.17, 15) is 0 Å². The van der Waals surface area contributed by atoms with E-state index >= 15 is 0 Å². The summed E-state index contributed by atoms with van der Waals surface area (Å²) in [6.45, 7) is 4.10. The van der Waals surface area contributed by atoms with E-state index < -0.39 is 0 Å². The zero-order valence-corrected chi connectivity index (χ0v) is 9.39. The molecule has 0 aliphatic heterocycles. The highest BCUT2D eigenvalue weighted by molar-refractivity contribution is 6.33. The third-order valence-corrected chi connectivity index (χ3v) is 2.28. The molecule has 0 aliphatic rings. The van der Waals surface area contributed by atoms with E-state index in [4.69, 9.17) is 28.9 Å².